The molecular weight excluding hydrogens is 280 g/mol. The molecule has 2 N–H and O–H groups in total. The Labute approximate surface area is 120 Å². The van der Waals surface area contributed by atoms with Crippen LogP contribution in [0.15, 0.2) is 15.7 Å². The van der Waals surface area contributed by atoms with Gasteiger partial charge < -0.3 is 5.32 Å². The normalized spacial score (nSPS) is 12.5. The Morgan fingerprint density at radius 3 is 2.42 bits per heavy atom. The maximum Gasteiger partial charge on any atom is 0.250 e. The molecule has 1 heterocycles. The van der Waals surface area contributed by atoms with Gasteiger partial charge in [0.05, 0.1) is 0 Å². The first-order chi connectivity index (χ1) is 8.89. The predicted octanol–water partition coefficient (Wildman–Crippen LogP) is 2.71. The Morgan fingerprint density at radius 1 is 1.26 bits per heavy atom. The number of thiophene rings is 1. The lowest BCUT2D eigenvalue weighted by atomic mass is 10.2. The van der Waals surface area contributed by atoms with E-state index < -0.39 is 10.0 Å². The Morgan fingerprint density at radius 2 is 1.89 bits per heavy atom. The molecule has 0 aliphatic rings. The zero-order chi connectivity index (χ0) is 14.5. The second-order valence-electron chi connectivity index (χ2n) is 4.94. The highest BCUT2D eigenvalue weighted by Crippen LogP contribution is 2.21. The van der Waals surface area contributed by atoms with Gasteiger partial charge in [-0.05, 0) is 29.9 Å². The molecule has 0 aliphatic carbocycles. The van der Waals surface area contributed by atoms with Crippen molar-refractivity contribution in [3.8, 4) is 0 Å². The van der Waals surface area contributed by atoms with Gasteiger partial charge in [-0.2, -0.15) is 0 Å². The number of sulfonamides is 1. The van der Waals surface area contributed by atoms with E-state index in [1.165, 1.54) is 11.3 Å². The number of rotatable bonds is 8. The summed E-state index contributed by atoms with van der Waals surface area (Å²) in [5.41, 5.74) is 1.02. The maximum absolute atomic E-state index is 12.2. The van der Waals surface area contributed by atoms with Crippen LogP contribution in [0.4, 0.5) is 0 Å². The molecule has 1 aromatic rings. The van der Waals surface area contributed by atoms with Crippen molar-refractivity contribution in [1.29, 1.82) is 0 Å². The van der Waals surface area contributed by atoms with E-state index in [1.807, 2.05) is 19.2 Å². The van der Waals surface area contributed by atoms with Crippen molar-refractivity contribution in [2.75, 3.05) is 0 Å². The van der Waals surface area contributed by atoms with E-state index in [2.05, 4.69) is 23.9 Å². The lowest BCUT2D eigenvalue weighted by Gasteiger charge is -2.13. The smallest absolute Gasteiger partial charge is 0.250 e. The van der Waals surface area contributed by atoms with E-state index in [0.717, 1.165) is 18.4 Å². The second-order valence-corrected chi connectivity index (χ2v) is 7.80. The lowest BCUT2D eigenvalue weighted by Crippen LogP contribution is -2.33. The fraction of sp³-hybridized carbons (Fsp3) is 0.692. The minimum atomic E-state index is -3.36. The van der Waals surface area contributed by atoms with Crippen LogP contribution in [-0.2, 0) is 16.6 Å². The summed E-state index contributed by atoms with van der Waals surface area (Å²) in [6.07, 6.45) is 1.62. The van der Waals surface area contributed by atoms with Crippen molar-refractivity contribution in [2.45, 2.75) is 63.4 Å². The highest BCUT2D eigenvalue weighted by molar-refractivity contribution is 7.91. The molecule has 0 fully saturated rings. The third kappa shape index (κ3) is 5.22. The van der Waals surface area contributed by atoms with Crippen LogP contribution in [0.1, 0.15) is 46.1 Å². The topological polar surface area (TPSA) is 58.2 Å². The van der Waals surface area contributed by atoms with Crippen LogP contribution in [0.3, 0.4) is 0 Å². The molecule has 0 radical (unpaired) electrons. The summed E-state index contributed by atoms with van der Waals surface area (Å²) in [5.74, 6) is 0. The zero-order valence-corrected chi connectivity index (χ0v) is 13.7. The first-order valence-electron chi connectivity index (χ1n) is 6.72. The van der Waals surface area contributed by atoms with Crippen molar-refractivity contribution in [3.63, 3.8) is 0 Å². The quantitative estimate of drug-likeness (QED) is 0.776. The minimum Gasteiger partial charge on any atom is -0.310 e. The highest BCUT2D eigenvalue weighted by atomic mass is 32.2. The summed E-state index contributed by atoms with van der Waals surface area (Å²) in [6, 6.07) is 2.16. The molecule has 0 atom stereocenters. The Hall–Kier alpha value is -0.430. The van der Waals surface area contributed by atoms with E-state index in [9.17, 15) is 8.42 Å². The number of nitrogens with one attached hydrogen (secondary N) is 2. The largest absolute Gasteiger partial charge is 0.310 e. The SMILES string of the molecule is CCC(CC)NS(=O)(=O)c1cc(CNC(C)C)cs1. The van der Waals surface area contributed by atoms with Gasteiger partial charge in [0.1, 0.15) is 4.21 Å². The lowest BCUT2D eigenvalue weighted by molar-refractivity contribution is 0.531. The fourth-order valence-corrected chi connectivity index (χ4v) is 4.27. The zero-order valence-electron chi connectivity index (χ0n) is 12.1. The molecule has 6 heteroatoms. The van der Waals surface area contributed by atoms with Gasteiger partial charge in [-0.3, -0.25) is 0 Å². The summed E-state index contributed by atoms with van der Waals surface area (Å²) < 4.78 is 27.5. The molecule has 1 aromatic heterocycles. The first kappa shape index (κ1) is 16.6. The molecular formula is C13H24N2O2S2. The van der Waals surface area contributed by atoms with Crippen LogP contribution in [0.25, 0.3) is 0 Å². The summed E-state index contributed by atoms with van der Waals surface area (Å²) in [6.45, 7) is 8.82. The molecule has 0 bridgehead atoms. The van der Waals surface area contributed by atoms with Crippen molar-refractivity contribution in [2.24, 2.45) is 0 Å². The monoisotopic (exact) mass is 304 g/mol. The van der Waals surface area contributed by atoms with Crippen LogP contribution in [0, 0.1) is 0 Å². The Bertz CT molecular complexity index is 477. The Kier molecular flexibility index (Phi) is 6.46. The number of hydrogen-bond donors (Lipinski definition) is 2. The fourth-order valence-electron chi connectivity index (χ4n) is 1.64. The molecule has 0 unspecified atom stereocenters. The maximum atomic E-state index is 12.2. The predicted molar refractivity (Wildman–Crippen MR) is 81.0 cm³/mol. The average molecular weight is 304 g/mol. The molecule has 0 amide bonds. The molecule has 0 aliphatic heterocycles. The van der Waals surface area contributed by atoms with Crippen molar-refractivity contribution in [1.82, 2.24) is 10.0 Å². The molecule has 110 valence electrons. The van der Waals surface area contributed by atoms with Gasteiger partial charge in [-0.25, -0.2) is 13.1 Å². The second kappa shape index (κ2) is 7.38. The summed E-state index contributed by atoms with van der Waals surface area (Å²) >= 11 is 1.28. The molecule has 4 nitrogen and oxygen atoms in total. The van der Waals surface area contributed by atoms with E-state index >= 15 is 0 Å². The van der Waals surface area contributed by atoms with Crippen molar-refractivity contribution >= 4 is 21.4 Å². The van der Waals surface area contributed by atoms with Crippen LogP contribution >= 0.6 is 11.3 Å². The van der Waals surface area contributed by atoms with Crippen LogP contribution < -0.4 is 10.0 Å². The van der Waals surface area contributed by atoms with Gasteiger partial charge in [0.15, 0.2) is 0 Å². The van der Waals surface area contributed by atoms with Crippen molar-refractivity contribution in [3.05, 3.63) is 17.0 Å². The van der Waals surface area contributed by atoms with E-state index in [4.69, 9.17) is 0 Å². The molecule has 0 saturated heterocycles. The number of hydrogen-bond acceptors (Lipinski definition) is 4. The van der Waals surface area contributed by atoms with Gasteiger partial charge >= 0.3 is 0 Å². The van der Waals surface area contributed by atoms with E-state index in [-0.39, 0.29) is 6.04 Å². The summed E-state index contributed by atoms with van der Waals surface area (Å²) in [5, 5.41) is 5.18. The van der Waals surface area contributed by atoms with E-state index in [0.29, 0.717) is 16.8 Å². The van der Waals surface area contributed by atoms with Crippen LogP contribution in [0.5, 0.6) is 0 Å². The van der Waals surface area contributed by atoms with Crippen LogP contribution in [-0.4, -0.2) is 20.5 Å². The standard InChI is InChI=1S/C13H24N2O2S2/c1-5-12(6-2)15-19(16,17)13-7-11(9-18-13)8-14-10(3)4/h7,9-10,12,14-15H,5-6,8H2,1-4H3. The molecule has 0 aromatic carbocycles. The van der Waals surface area contributed by atoms with Gasteiger partial charge in [0.25, 0.3) is 0 Å². The van der Waals surface area contributed by atoms with E-state index in [1.54, 1.807) is 6.07 Å². The third-order valence-electron chi connectivity index (χ3n) is 2.92. The van der Waals surface area contributed by atoms with Gasteiger partial charge in [0.2, 0.25) is 10.0 Å². The van der Waals surface area contributed by atoms with Gasteiger partial charge in [0, 0.05) is 18.6 Å². The summed E-state index contributed by atoms with van der Waals surface area (Å²) in [7, 11) is -3.36. The third-order valence-corrected chi connectivity index (χ3v) is 5.93. The first-order valence-corrected chi connectivity index (χ1v) is 9.08. The highest BCUT2D eigenvalue weighted by Gasteiger charge is 2.19. The molecule has 1 rings (SSSR count). The van der Waals surface area contributed by atoms with Crippen molar-refractivity contribution < 1.29 is 8.42 Å². The molecule has 0 spiro atoms. The minimum absolute atomic E-state index is 0.0179. The van der Waals surface area contributed by atoms with Gasteiger partial charge in [-0.15, -0.1) is 11.3 Å². The Balaban J connectivity index is 2.74. The molecule has 0 saturated carbocycles. The average Bonchev–Trinajstić information content (AvgIpc) is 2.83. The molecule has 19 heavy (non-hydrogen) atoms. The van der Waals surface area contributed by atoms with Crippen LogP contribution in [0.2, 0.25) is 0 Å². The summed E-state index contributed by atoms with van der Waals surface area (Å²) in [4.78, 5) is 0. The van der Waals surface area contributed by atoms with Gasteiger partial charge in [-0.1, -0.05) is 27.7 Å².